The Bertz CT molecular complexity index is 211. The van der Waals surface area contributed by atoms with Crippen LogP contribution in [-0.4, -0.2) is 34.2 Å². The normalized spacial score (nSPS) is 12.6. The molecule has 0 N–H and O–H groups in total. The molecular formula is C10H20O4Si. The second-order valence-electron chi connectivity index (χ2n) is 3.17. The molecule has 0 aliphatic rings. The van der Waals surface area contributed by atoms with E-state index in [0.717, 1.165) is 0 Å². The number of carbonyl (C=O) groups excluding carboxylic acids is 1. The van der Waals surface area contributed by atoms with Gasteiger partial charge < -0.3 is 13.6 Å². The molecular weight excluding hydrogens is 212 g/mol. The minimum Gasteiger partial charge on any atom is -0.458 e. The van der Waals surface area contributed by atoms with Crippen molar-refractivity contribution in [2.75, 3.05) is 13.2 Å². The molecule has 15 heavy (non-hydrogen) atoms. The summed E-state index contributed by atoms with van der Waals surface area (Å²) in [6.45, 7) is 11.9. The minimum absolute atomic E-state index is 0.297. The summed E-state index contributed by atoms with van der Waals surface area (Å²) in [5.41, 5.74) is 0.0942. The second-order valence-corrected chi connectivity index (χ2v) is 5.51. The Labute approximate surface area is 93.1 Å². The van der Waals surface area contributed by atoms with Crippen molar-refractivity contribution in [3.05, 3.63) is 12.2 Å². The summed E-state index contributed by atoms with van der Waals surface area (Å²) in [6.07, 6.45) is 0. The van der Waals surface area contributed by atoms with Crippen molar-refractivity contribution in [2.24, 2.45) is 0 Å². The van der Waals surface area contributed by atoms with Gasteiger partial charge in [-0.15, -0.1) is 0 Å². The molecule has 0 aliphatic carbocycles. The molecule has 0 fully saturated rings. The maximum atomic E-state index is 11.3. The Kier molecular flexibility index (Phi) is 7.28. The van der Waals surface area contributed by atoms with E-state index in [0.29, 0.717) is 18.8 Å². The number of esters is 1. The predicted octanol–water partition coefficient (Wildman–Crippen LogP) is 1.33. The summed E-state index contributed by atoms with van der Waals surface area (Å²) in [5.74, 6) is -0.389. The lowest BCUT2D eigenvalue weighted by Gasteiger charge is -2.21. The molecule has 0 saturated heterocycles. The first kappa shape index (κ1) is 14.3. The van der Waals surface area contributed by atoms with E-state index in [1.807, 2.05) is 13.8 Å². The Morgan fingerprint density at radius 3 is 2.13 bits per heavy atom. The number of hydrogen-bond acceptors (Lipinski definition) is 4. The Morgan fingerprint density at radius 1 is 1.33 bits per heavy atom. The molecule has 0 heterocycles. The van der Waals surface area contributed by atoms with E-state index >= 15 is 0 Å². The van der Waals surface area contributed by atoms with Crippen LogP contribution in [0.25, 0.3) is 0 Å². The van der Waals surface area contributed by atoms with Crippen LogP contribution in [-0.2, 0) is 18.4 Å². The van der Waals surface area contributed by atoms with Gasteiger partial charge in [0.25, 0.3) is 0 Å². The summed E-state index contributed by atoms with van der Waals surface area (Å²) in [5, 5.41) is 0. The van der Waals surface area contributed by atoms with Gasteiger partial charge in [0.1, 0.15) is 5.73 Å². The van der Waals surface area contributed by atoms with Gasteiger partial charge in [0.15, 0.2) is 0 Å². The average Bonchev–Trinajstić information content (AvgIpc) is 2.17. The third-order valence-corrected chi connectivity index (χ3v) is 3.91. The monoisotopic (exact) mass is 232 g/mol. The summed E-state index contributed by atoms with van der Waals surface area (Å²) in [4.78, 5) is 11.3. The molecule has 1 atom stereocenters. The Balaban J connectivity index is 4.17. The van der Waals surface area contributed by atoms with E-state index in [2.05, 4.69) is 6.58 Å². The zero-order valence-corrected chi connectivity index (χ0v) is 11.1. The highest BCUT2D eigenvalue weighted by Gasteiger charge is 2.25. The van der Waals surface area contributed by atoms with Crippen molar-refractivity contribution < 1.29 is 18.4 Å². The van der Waals surface area contributed by atoms with Crippen molar-refractivity contribution in [1.29, 1.82) is 0 Å². The average molecular weight is 232 g/mol. The molecule has 0 rings (SSSR count). The molecule has 0 aromatic heterocycles. The van der Waals surface area contributed by atoms with Crippen molar-refractivity contribution >= 4 is 15.3 Å². The third kappa shape index (κ3) is 5.71. The fourth-order valence-corrected chi connectivity index (χ4v) is 2.50. The van der Waals surface area contributed by atoms with Gasteiger partial charge in [-0.1, -0.05) is 6.58 Å². The summed E-state index contributed by atoms with van der Waals surface area (Å²) in [6, 6.07) is 0. The quantitative estimate of drug-likeness (QED) is 0.377. The van der Waals surface area contributed by atoms with E-state index in [4.69, 9.17) is 13.6 Å². The fourth-order valence-electron chi connectivity index (χ4n) is 0.973. The summed E-state index contributed by atoms with van der Waals surface area (Å²) < 4.78 is 16.0. The molecule has 0 aliphatic heterocycles. The van der Waals surface area contributed by atoms with Gasteiger partial charge >= 0.3 is 15.3 Å². The fraction of sp³-hybridized carbons (Fsp3) is 0.700. The maximum Gasteiger partial charge on any atom is 0.363 e. The van der Waals surface area contributed by atoms with Crippen LogP contribution in [0.5, 0.6) is 0 Å². The molecule has 0 spiro atoms. The topological polar surface area (TPSA) is 44.8 Å². The highest BCUT2D eigenvalue weighted by molar-refractivity contribution is 6.46. The van der Waals surface area contributed by atoms with Crippen LogP contribution < -0.4 is 0 Å². The summed E-state index contributed by atoms with van der Waals surface area (Å²) >= 11 is 0. The van der Waals surface area contributed by atoms with E-state index in [-0.39, 0.29) is 11.7 Å². The standard InChI is InChI=1S/C10H20O4Si/c1-6-12-15(13-7-2)9(5)14-10(11)8(3)4/h9,15H,3,6-7H2,1-2,4-5H3. The third-order valence-electron chi connectivity index (χ3n) is 1.69. The molecule has 1 unspecified atom stereocenters. The number of rotatable bonds is 7. The summed E-state index contributed by atoms with van der Waals surface area (Å²) in [7, 11) is -1.91. The lowest BCUT2D eigenvalue weighted by atomic mass is 10.4. The highest BCUT2D eigenvalue weighted by atomic mass is 28.3. The van der Waals surface area contributed by atoms with Gasteiger partial charge in [0, 0.05) is 18.8 Å². The van der Waals surface area contributed by atoms with Crippen molar-refractivity contribution in [3.8, 4) is 0 Å². The Morgan fingerprint density at radius 2 is 1.80 bits per heavy atom. The lowest BCUT2D eigenvalue weighted by Crippen LogP contribution is -2.38. The second kappa shape index (κ2) is 7.61. The van der Waals surface area contributed by atoms with Gasteiger partial charge in [0.2, 0.25) is 0 Å². The number of hydrogen-bond donors (Lipinski definition) is 0. The van der Waals surface area contributed by atoms with Crippen LogP contribution in [0.4, 0.5) is 0 Å². The SMILES string of the molecule is C=C(C)C(=O)OC(C)[SiH](OCC)OCC. The lowest BCUT2D eigenvalue weighted by molar-refractivity contribution is -0.141. The number of ether oxygens (including phenoxy) is 1. The first-order chi connectivity index (χ1) is 7.02. The van der Waals surface area contributed by atoms with Gasteiger partial charge in [-0.05, 0) is 27.7 Å². The molecule has 88 valence electrons. The molecule has 0 amide bonds. The van der Waals surface area contributed by atoms with Gasteiger partial charge in [-0.2, -0.15) is 0 Å². The predicted molar refractivity (Wildman–Crippen MR) is 60.8 cm³/mol. The minimum atomic E-state index is -1.91. The zero-order chi connectivity index (χ0) is 11.8. The van der Waals surface area contributed by atoms with Crippen molar-refractivity contribution in [3.63, 3.8) is 0 Å². The van der Waals surface area contributed by atoms with E-state index < -0.39 is 9.28 Å². The van der Waals surface area contributed by atoms with E-state index in [1.54, 1.807) is 13.8 Å². The van der Waals surface area contributed by atoms with E-state index in [9.17, 15) is 4.79 Å². The molecule has 4 nitrogen and oxygen atoms in total. The smallest absolute Gasteiger partial charge is 0.363 e. The molecule has 0 saturated carbocycles. The zero-order valence-electron chi connectivity index (χ0n) is 9.91. The van der Waals surface area contributed by atoms with Gasteiger partial charge in [-0.3, -0.25) is 0 Å². The van der Waals surface area contributed by atoms with Crippen molar-refractivity contribution in [2.45, 2.75) is 33.4 Å². The maximum absolute atomic E-state index is 11.3. The van der Waals surface area contributed by atoms with Crippen LogP contribution in [0, 0.1) is 0 Å². The molecule has 0 aromatic rings. The van der Waals surface area contributed by atoms with Gasteiger partial charge in [0.05, 0.1) is 0 Å². The van der Waals surface area contributed by atoms with E-state index in [1.165, 1.54) is 0 Å². The highest BCUT2D eigenvalue weighted by Crippen LogP contribution is 2.04. The molecule has 0 aromatic carbocycles. The van der Waals surface area contributed by atoms with Crippen LogP contribution >= 0.6 is 0 Å². The first-order valence-electron chi connectivity index (χ1n) is 5.12. The van der Waals surface area contributed by atoms with Crippen molar-refractivity contribution in [1.82, 2.24) is 0 Å². The largest absolute Gasteiger partial charge is 0.458 e. The van der Waals surface area contributed by atoms with Crippen LogP contribution in [0.3, 0.4) is 0 Å². The molecule has 0 bridgehead atoms. The Hall–Kier alpha value is -0.653. The molecule has 0 radical (unpaired) electrons. The van der Waals surface area contributed by atoms with Gasteiger partial charge in [-0.25, -0.2) is 4.79 Å². The first-order valence-corrected chi connectivity index (χ1v) is 6.73. The molecule has 5 heteroatoms. The van der Waals surface area contributed by atoms with Crippen LogP contribution in [0.1, 0.15) is 27.7 Å². The van der Waals surface area contributed by atoms with Crippen LogP contribution in [0.15, 0.2) is 12.2 Å². The number of carbonyl (C=O) groups is 1. The van der Waals surface area contributed by atoms with Crippen LogP contribution in [0.2, 0.25) is 0 Å².